The Balaban J connectivity index is 2.02. The van der Waals surface area contributed by atoms with Crippen molar-refractivity contribution in [1.82, 2.24) is 15.0 Å². The Kier molecular flexibility index (Phi) is 9.32. The number of hydrogen-bond donors (Lipinski definition) is 3. The second-order valence-corrected chi connectivity index (χ2v) is 13.1. The van der Waals surface area contributed by atoms with Crippen LogP contribution >= 0.6 is 22.9 Å². The fourth-order valence-corrected chi connectivity index (χ4v) is 7.04. The van der Waals surface area contributed by atoms with Crippen LogP contribution in [0.1, 0.15) is 68.4 Å². The van der Waals surface area contributed by atoms with Gasteiger partial charge in [-0.15, -0.1) is 11.3 Å². The maximum Gasteiger partial charge on any atom is 0.404 e. The molecule has 1 aromatic carbocycles. The topological polar surface area (TPSA) is 108 Å². The Morgan fingerprint density at radius 1 is 1.24 bits per heavy atom. The van der Waals surface area contributed by atoms with Crippen molar-refractivity contribution in [2.45, 2.75) is 82.0 Å². The zero-order chi connectivity index (χ0) is 27.6. The SMILES string of the molecule is C[C@H](NS(=O)(=O)c1cccc(-c2sc(C(=O)NCC(C)(C)O)nc2CC2CCCCC2)c1Cl)C(F)(F)F. The molecule has 3 rings (SSSR count). The van der Waals surface area contributed by atoms with Crippen molar-refractivity contribution in [1.29, 1.82) is 0 Å². The van der Waals surface area contributed by atoms with Crippen molar-refractivity contribution in [3.8, 4) is 10.4 Å². The maximum atomic E-state index is 13.0. The lowest BCUT2D eigenvalue weighted by Gasteiger charge is -2.21. The van der Waals surface area contributed by atoms with Gasteiger partial charge >= 0.3 is 6.18 Å². The lowest BCUT2D eigenvalue weighted by Crippen LogP contribution is -2.43. The maximum absolute atomic E-state index is 13.0. The number of sulfonamides is 1. The largest absolute Gasteiger partial charge is 0.404 e. The van der Waals surface area contributed by atoms with E-state index in [1.165, 1.54) is 6.07 Å². The van der Waals surface area contributed by atoms with Crippen molar-refractivity contribution in [2.24, 2.45) is 5.92 Å². The normalized spacial score (nSPS) is 16.5. The van der Waals surface area contributed by atoms with Gasteiger partial charge in [-0.3, -0.25) is 4.79 Å². The van der Waals surface area contributed by atoms with Crippen molar-refractivity contribution in [2.75, 3.05) is 6.54 Å². The molecule has 3 N–H and O–H groups in total. The summed E-state index contributed by atoms with van der Waals surface area (Å²) in [5.41, 5.74) is -0.278. The molecule has 206 valence electrons. The quantitative estimate of drug-likeness (QED) is 0.372. The first-order valence-corrected chi connectivity index (χ1v) is 14.6. The number of halogens is 4. The number of aromatic nitrogens is 1. The van der Waals surface area contributed by atoms with Crippen molar-refractivity contribution in [3.63, 3.8) is 0 Å². The first-order chi connectivity index (χ1) is 17.1. The van der Waals surface area contributed by atoms with E-state index in [0.29, 0.717) is 29.8 Å². The Hall–Kier alpha value is -1.73. The number of benzene rings is 1. The van der Waals surface area contributed by atoms with E-state index >= 15 is 0 Å². The average molecular weight is 582 g/mol. The molecule has 7 nitrogen and oxygen atoms in total. The number of alkyl halides is 3. The summed E-state index contributed by atoms with van der Waals surface area (Å²) in [7, 11) is -4.60. The first kappa shape index (κ1) is 29.8. The molecular formula is C24H31ClF3N3O4S2. The van der Waals surface area contributed by atoms with E-state index < -0.39 is 38.6 Å². The zero-order valence-electron chi connectivity index (χ0n) is 20.8. The molecule has 1 atom stereocenters. The summed E-state index contributed by atoms with van der Waals surface area (Å²) in [6.45, 7) is 3.80. The second kappa shape index (κ2) is 11.6. The molecule has 0 aliphatic heterocycles. The minimum absolute atomic E-state index is 0.00372. The van der Waals surface area contributed by atoms with Gasteiger partial charge < -0.3 is 10.4 Å². The first-order valence-electron chi connectivity index (χ1n) is 12.0. The summed E-state index contributed by atoms with van der Waals surface area (Å²) in [4.78, 5) is 17.3. The van der Waals surface area contributed by atoms with Gasteiger partial charge in [0.1, 0.15) is 10.9 Å². The van der Waals surface area contributed by atoms with Crippen LogP contribution in [0.4, 0.5) is 13.2 Å². The molecule has 0 bridgehead atoms. The van der Waals surface area contributed by atoms with Crippen LogP contribution < -0.4 is 10.0 Å². The van der Waals surface area contributed by atoms with Crippen LogP contribution in [0, 0.1) is 5.92 Å². The number of carbonyl (C=O) groups is 1. The number of aliphatic hydroxyl groups is 1. The molecule has 0 radical (unpaired) electrons. The molecule has 2 aromatic rings. The van der Waals surface area contributed by atoms with Crippen molar-refractivity contribution in [3.05, 3.63) is 33.9 Å². The highest BCUT2D eigenvalue weighted by molar-refractivity contribution is 7.89. The summed E-state index contributed by atoms with van der Waals surface area (Å²) in [6, 6.07) is 1.78. The average Bonchev–Trinajstić information content (AvgIpc) is 3.20. The Labute approximate surface area is 223 Å². The van der Waals surface area contributed by atoms with Crippen molar-refractivity contribution < 1.29 is 31.5 Å². The number of carbonyl (C=O) groups excluding carboxylic acids is 1. The molecule has 13 heteroatoms. The molecule has 1 aliphatic rings. The highest BCUT2D eigenvalue weighted by atomic mass is 35.5. The smallest absolute Gasteiger partial charge is 0.389 e. The second-order valence-electron chi connectivity index (χ2n) is 10.0. The van der Waals surface area contributed by atoms with E-state index in [0.717, 1.165) is 49.5 Å². The summed E-state index contributed by atoms with van der Waals surface area (Å²) in [6.07, 6.45) is 1.10. The minimum Gasteiger partial charge on any atom is -0.389 e. The van der Waals surface area contributed by atoms with Gasteiger partial charge in [0.2, 0.25) is 10.0 Å². The Bertz CT molecular complexity index is 1220. The number of thiazole rings is 1. The number of nitrogens with one attached hydrogen (secondary N) is 2. The van der Waals surface area contributed by atoms with Crippen molar-refractivity contribution >= 4 is 38.9 Å². The van der Waals surface area contributed by atoms with Crippen LogP contribution in [-0.4, -0.2) is 48.8 Å². The third-order valence-electron chi connectivity index (χ3n) is 6.10. The van der Waals surface area contributed by atoms with Gasteiger partial charge in [0.05, 0.1) is 21.2 Å². The van der Waals surface area contributed by atoms with E-state index in [-0.39, 0.29) is 22.1 Å². The predicted octanol–water partition coefficient (Wildman–Crippen LogP) is 5.32. The van der Waals surface area contributed by atoms with Gasteiger partial charge in [-0.1, -0.05) is 55.8 Å². The minimum atomic E-state index is -4.77. The summed E-state index contributed by atoms with van der Waals surface area (Å²) in [5, 5.41) is 12.4. The summed E-state index contributed by atoms with van der Waals surface area (Å²) < 4.78 is 66.2. The van der Waals surface area contributed by atoms with Gasteiger partial charge in [0.15, 0.2) is 5.01 Å². The molecule has 1 heterocycles. The van der Waals surface area contributed by atoms with Crippen LogP contribution in [-0.2, 0) is 16.4 Å². The molecule has 37 heavy (non-hydrogen) atoms. The monoisotopic (exact) mass is 581 g/mol. The highest BCUT2D eigenvalue weighted by Crippen LogP contribution is 2.40. The lowest BCUT2D eigenvalue weighted by atomic mass is 9.85. The van der Waals surface area contributed by atoms with Gasteiger partial charge in [0, 0.05) is 12.1 Å². The number of hydrogen-bond acceptors (Lipinski definition) is 6. The van der Waals surface area contributed by atoms with E-state index in [4.69, 9.17) is 11.6 Å². The fraction of sp³-hybridized carbons (Fsp3) is 0.583. The number of rotatable bonds is 9. The highest BCUT2D eigenvalue weighted by Gasteiger charge is 2.39. The third-order valence-corrected chi connectivity index (χ3v) is 9.33. The predicted molar refractivity (Wildman–Crippen MR) is 137 cm³/mol. The van der Waals surface area contributed by atoms with Crippen LogP contribution in [0.3, 0.4) is 0 Å². The molecule has 1 aromatic heterocycles. The molecule has 0 spiro atoms. The Morgan fingerprint density at radius 2 is 1.89 bits per heavy atom. The summed E-state index contributed by atoms with van der Waals surface area (Å²) >= 11 is 7.52. The van der Waals surface area contributed by atoms with Crippen LogP contribution in [0.25, 0.3) is 10.4 Å². The third kappa shape index (κ3) is 7.89. The van der Waals surface area contributed by atoms with E-state index in [1.807, 2.05) is 0 Å². The van der Waals surface area contributed by atoms with Gasteiger partial charge in [-0.2, -0.15) is 17.9 Å². The molecule has 1 amide bonds. The lowest BCUT2D eigenvalue weighted by molar-refractivity contribution is -0.147. The van der Waals surface area contributed by atoms with Gasteiger partial charge in [0.25, 0.3) is 5.91 Å². The van der Waals surface area contributed by atoms with Crippen LogP contribution in [0.5, 0.6) is 0 Å². The van der Waals surface area contributed by atoms with Gasteiger partial charge in [-0.05, 0) is 39.2 Å². The molecule has 1 fully saturated rings. The number of amides is 1. The standard InChI is InChI=1S/C24H31ClF3N3O4S2/c1-14(24(26,27)28)31-37(34,35)18-11-7-10-16(19(18)25)20-17(12-15-8-5-4-6-9-15)30-22(36-20)21(32)29-13-23(2,3)33/h7,10-11,14-15,31,33H,4-6,8-9,12-13H2,1-3H3,(H,29,32)/t14-/m0/s1. The molecule has 0 unspecified atom stereocenters. The fourth-order valence-electron chi connectivity index (χ4n) is 4.09. The molecular weight excluding hydrogens is 551 g/mol. The summed E-state index contributed by atoms with van der Waals surface area (Å²) in [5.74, 6) is -0.161. The van der Waals surface area contributed by atoms with Crippen LogP contribution in [0.15, 0.2) is 23.1 Å². The van der Waals surface area contributed by atoms with E-state index in [1.54, 1.807) is 24.6 Å². The Morgan fingerprint density at radius 3 is 2.49 bits per heavy atom. The van der Waals surface area contributed by atoms with E-state index in [2.05, 4.69) is 10.3 Å². The molecule has 1 saturated carbocycles. The number of nitrogens with zero attached hydrogens (tertiary/aromatic N) is 1. The molecule has 0 saturated heterocycles. The zero-order valence-corrected chi connectivity index (χ0v) is 23.2. The molecule has 1 aliphatic carbocycles. The van der Waals surface area contributed by atoms with Gasteiger partial charge in [-0.25, -0.2) is 13.4 Å². The van der Waals surface area contributed by atoms with Crippen LogP contribution in [0.2, 0.25) is 5.02 Å². The van der Waals surface area contributed by atoms with E-state index in [9.17, 15) is 31.5 Å².